The molecule has 116 valence electrons. The summed E-state index contributed by atoms with van der Waals surface area (Å²) in [7, 11) is 1.29. The van der Waals surface area contributed by atoms with E-state index in [9.17, 15) is 19.5 Å². The lowest BCUT2D eigenvalue weighted by atomic mass is 9.88. The van der Waals surface area contributed by atoms with Crippen molar-refractivity contribution in [3.8, 4) is 0 Å². The van der Waals surface area contributed by atoms with Crippen molar-refractivity contribution in [3.05, 3.63) is 0 Å². The third-order valence-corrected chi connectivity index (χ3v) is 2.99. The molecule has 0 spiro atoms. The summed E-state index contributed by atoms with van der Waals surface area (Å²) in [4.78, 5) is 35.2. The number of likely N-dealkylation sites (N-methyl/N-ethyl adjacent to an activating group) is 1. The van der Waals surface area contributed by atoms with E-state index >= 15 is 0 Å². The Morgan fingerprint density at radius 2 is 1.60 bits per heavy atom. The van der Waals surface area contributed by atoms with Crippen molar-refractivity contribution in [2.75, 3.05) is 7.05 Å². The number of rotatable bonds is 5. The minimum Gasteiger partial charge on any atom is -0.481 e. The molecule has 0 saturated heterocycles. The van der Waals surface area contributed by atoms with Crippen molar-refractivity contribution >= 4 is 18.0 Å². The average Bonchev–Trinajstić information content (AvgIpc) is 2.24. The second-order valence-corrected chi connectivity index (χ2v) is 6.06. The molecule has 0 bridgehead atoms. The Morgan fingerprint density at radius 3 is 1.90 bits per heavy atom. The highest BCUT2D eigenvalue weighted by atomic mass is 16.6. The van der Waals surface area contributed by atoms with Crippen LogP contribution in [0.2, 0.25) is 0 Å². The Hall–Kier alpha value is -1.79. The Labute approximate surface area is 118 Å². The Balaban J connectivity index is 5.21. The number of hydrogen-bond acceptors (Lipinski definition) is 4. The molecule has 0 radical (unpaired) electrons. The van der Waals surface area contributed by atoms with Crippen molar-refractivity contribution < 1.29 is 29.3 Å². The van der Waals surface area contributed by atoms with Gasteiger partial charge in [-0.3, -0.25) is 9.69 Å². The molecule has 7 nitrogen and oxygen atoms in total. The summed E-state index contributed by atoms with van der Waals surface area (Å²) in [6.45, 7) is 7.69. The smallest absolute Gasteiger partial charge is 0.410 e. The summed E-state index contributed by atoms with van der Waals surface area (Å²) in [5, 5.41) is 18.2. The van der Waals surface area contributed by atoms with Crippen molar-refractivity contribution in [2.24, 2.45) is 5.92 Å². The number of carbonyl (C=O) groups is 3. The summed E-state index contributed by atoms with van der Waals surface area (Å²) in [5.41, 5.74) is -2.41. The second kappa shape index (κ2) is 6.11. The van der Waals surface area contributed by atoms with Crippen LogP contribution in [-0.4, -0.2) is 51.3 Å². The normalized spacial score (nSPS) is 15.9. The molecule has 0 fully saturated rings. The summed E-state index contributed by atoms with van der Waals surface area (Å²) >= 11 is 0. The minimum atomic E-state index is -1.65. The van der Waals surface area contributed by atoms with E-state index < -0.39 is 35.1 Å². The first kappa shape index (κ1) is 18.2. The fourth-order valence-corrected chi connectivity index (χ4v) is 1.58. The fourth-order valence-electron chi connectivity index (χ4n) is 1.58. The molecule has 0 heterocycles. The van der Waals surface area contributed by atoms with Crippen molar-refractivity contribution in [1.29, 1.82) is 0 Å². The summed E-state index contributed by atoms with van der Waals surface area (Å²) in [6.07, 6.45) is -1.02. The van der Waals surface area contributed by atoms with Crippen LogP contribution in [0.4, 0.5) is 4.79 Å². The van der Waals surface area contributed by atoms with Gasteiger partial charge in [0.05, 0.1) is 5.92 Å². The van der Waals surface area contributed by atoms with Crippen LogP contribution in [0.5, 0.6) is 0 Å². The monoisotopic (exact) mass is 289 g/mol. The summed E-state index contributed by atoms with van der Waals surface area (Å²) < 4.78 is 5.11. The summed E-state index contributed by atoms with van der Waals surface area (Å²) in [6, 6.07) is 0. The van der Waals surface area contributed by atoms with Crippen molar-refractivity contribution in [3.63, 3.8) is 0 Å². The first-order chi connectivity index (χ1) is 8.81. The van der Waals surface area contributed by atoms with Crippen LogP contribution in [0, 0.1) is 5.92 Å². The topological polar surface area (TPSA) is 104 Å². The average molecular weight is 289 g/mol. The van der Waals surface area contributed by atoms with E-state index in [1.807, 2.05) is 0 Å². The lowest BCUT2D eigenvalue weighted by Crippen LogP contribution is -2.55. The van der Waals surface area contributed by atoms with Crippen LogP contribution in [0.1, 0.15) is 41.0 Å². The highest BCUT2D eigenvalue weighted by molar-refractivity contribution is 5.84. The van der Waals surface area contributed by atoms with Gasteiger partial charge in [0.25, 0.3) is 0 Å². The maximum absolute atomic E-state index is 12.0. The maximum atomic E-state index is 12.0. The summed E-state index contributed by atoms with van der Waals surface area (Å²) in [5.74, 6) is -3.30. The molecule has 0 aliphatic rings. The molecule has 0 rings (SSSR count). The molecule has 2 N–H and O–H groups in total. The standard InChI is InChI=1S/C13H23NO6/c1-8(9(15)16)7-13(5,10(17)18)14(6)11(19)20-12(2,3)4/h8H,7H2,1-6H3,(H,15,16)(H,17,18)/t8-,13-/m1/s1. The Bertz CT molecular complexity index is 400. The van der Waals surface area contributed by atoms with Crippen LogP contribution in [0.25, 0.3) is 0 Å². The predicted octanol–water partition coefficient (Wildman–Crippen LogP) is 1.81. The molecule has 0 unspecified atom stereocenters. The van der Waals surface area contributed by atoms with Crippen LogP contribution in [-0.2, 0) is 14.3 Å². The fraction of sp³-hybridized carbons (Fsp3) is 0.769. The van der Waals surface area contributed by atoms with Gasteiger partial charge in [-0.2, -0.15) is 0 Å². The van der Waals surface area contributed by atoms with Crippen LogP contribution < -0.4 is 0 Å². The molecule has 0 saturated carbocycles. The van der Waals surface area contributed by atoms with Crippen LogP contribution >= 0.6 is 0 Å². The highest BCUT2D eigenvalue weighted by Crippen LogP contribution is 2.25. The third-order valence-electron chi connectivity index (χ3n) is 2.99. The minimum absolute atomic E-state index is 0.215. The first-order valence-electron chi connectivity index (χ1n) is 6.24. The van der Waals surface area contributed by atoms with Crippen molar-refractivity contribution in [2.45, 2.75) is 52.2 Å². The van der Waals surface area contributed by atoms with E-state index in [1.54, 1.807) is 20.8 Å². The van der Waals surface area contributed by atoms with E-state index in [0.29, 0.717) is 0 Å². The molecular weight excluding hydrogens is 266 g/mol. The Kier molecular flexibility index (Phi) is 5.56. The number of carbonyl (C=O) groups excluding carboxylic acids is 1. The molecule has 0 aromatic heterocycles. The number of hydrogen-bond donors (Lipinski definition) is 2. The molecule has 0 aliphatic heterocycles. The molecule has 0 aromatic rings. The molecular formula is C13H23NO6. The van der Waals surface area contributed by atoms with Gasteiger partial charge in [0.2, 0.25) is 0 Å². The molecule has 0 aromatic carbocycles. The van der Waals surface area contributed by atoms with Gasteiger partial charge >= 0.3 is 18.0 Å². The van der Waals surface area contributed by atoms with E-state index in [0.717, 1.165) is 4.90 Å². The zero-order valence-corrected chi connectivity index (χ0v) is 12.8. The van der Waals surface area contributed by atoms with Crippen LogP contribution in [0.15, 0.2) is 0 Å². The zero-order chi connectivity index (χ0) is 16.3. The van der Waals surface area contributed by atoms with E-state index in [-0.39, 0.29) is 6.42 Å². The Morgan fingerprint density at radius 1 is 1.15 bits per heavy atom. The molecule has 2 atom stereocenters. The lowest BCUT2D eigenvalue weighted by molar-refractivity contribution is -0.152. The van der Waals surface area contributed by atoms with Gasteiger partial charge in [0.1, 0.15) is 11.1 Å². The van der Waals surface area contributed by atoms with Gasteiger partial charge in [-0.05, 0) is 34.1 Å². The molecule has 0 aliphatic carbocycles. The van der Waals surface area contributed by atoms with E-state index in [4.69, 9.17) is 9.84 Å². The highest BCUT2D eigenvalue weighted by Gasteiger charge is 2.44. The van der Waals surface area contributed by atoms with E-state index in [2.05, 4.69) is 0 Å². The van der Waals surface area contributed by atoms with Gasteiger partial charge in [0.15, 0.2) is 0 Å². The van der Waals surface area contributed by atoms with Gasteiger partial charge < -0.3 is 14.9 Å². The zero-order valence-electron chi connectivity index (χ0n) is 12.8. The van der Waals surface area contributed by atoms with Gasteiger partial charge in [0, 0.05) is 7.05 Å². The number of ether oxygens (including phenoxy) is 1. The SMILES string of the molecule is C[C@H](C[C@](C)(C(=O)O)N(C)C(=O)OC(C)(C)C)C(=O)O. The van der Waals surface area contributed by atoms with E-state index in [1.165, 1.54) is 20.9 Å². The first-order valence-corrected chi connectivity index (χ1v) is 6.24. The lowest BCUT2D eigenvalue weighted by Gasteiger charge is -2.37. The third kappa shape index (κ3) is 4.71. The largest absolute Gasteiger partial charge is 0.481 e. The molecule has 1 amide bonds. The second-order valence-electron chi connectivity index (χ2n) is 6.06. The number of nitrogens with zero attached hydrogens (tertiary/aromatic N) is 1. The molecule has 20 heavy (non-hydrogen) atoms. The number of amides is 1. The number of carboxylic acids is 2. The number of carboxylic acid groups (broad SMARTS) is 2. The number of aliphatic carboxylic acids is 2. The quantitative estimate of drug-likeness (QED) is 0.799. The molecule has 7 heteroatoms. The van der Waals surface area contributed by atoms with Gasteiger partial charge in [-0.15, -0.1) is 0 Å². The van der Waals surface area contributed by atoms with Crippen molar-refractivity contribution in [1.82, 2.24) is 4.90 Å². The van der Waals surface area contributed by atoms with Gasteiger partial charge in [-0.1, -0.05) is 6.92 Å². The van der Waals surface area contributed by atoms with Gasteiger partial charge in [-0.25, -0.2) is 9.59 Å². The maximum Gasteiger partial charge on any atom is 0.410 e. The van der Waals surface area contributed by atoms with Crippen LogP contribution in [0.3, 0.4) is 0 Å². The predicted molar refractivity (Wildman–Crippen MR) is 71.5 cm³/mol.